The Morgan fingerprint density at radius 2 is 0.746 bits per heavy atom. The lowest BCUT2D eigenvalue weighted by atomic mass is 10.0. The van der Waals surface area contributed by atoms with Crippen molar-refractivity contribution in [1.29, 1.82) is 0 Å². The number of aliphatic hydroxyl groups excluding tert-OH is 2. The monoisotopic (exact) mass is 942 g/mol. The van der Waals surface area contributed by atoms with Crippen molar-refractivity contribution in [2.45, 2.75) is 328 Å². The van der Waals surface area contributed by atoms with Crippen LogP contribution in [0.1, 0.15) is 316 Å². The normalized spacial score (nSPS) is 12.8. The summed E-state index contributed by atoms with van der Waals surface area (Å²) in [4.78, 5) is 24.6. The number of nitrogens with one attached hydrogen (secondary N) is 1. The van der Waals surface area contributed by atoms with E-state index in [-0.39, 0.29) is 18.5 Å². The number of carbonyl (C=O) groups is 2. The molecule has 0 saturated heterocycles. The van der Waals surface area contributed by atoms with Crippen molar-refractivity contribution in [2.75, 3.05) is 13.2 Å². The highest BCUT2D eigenvalue weighted by atomic mass is 16.5. The van der Waals surface area contributed by atoms with Crippen LogP contribution in [-0.4, -0.2) is 47.4 Å². The SMILES string of the molecule is CCCCCC/C=C\C/C=C\CCCCCCCCCC(=O)OCCCCCCCC/C=C\CCCCCC(=O)NC(CO)C(O)CCCCCCCCCCCCCCCCCCCCC. The molecular formula is C61H115NO5. The molecule has 0 spiro atoms. The van der Waals surface area contributed by atoms with Gasteiger partial charge in [-0.1, -0.05) is 256 Å². The van der Waals surface area contributed by atoms with Gasteiger partial charge in [-0.3, -0.25) is 9.59 Å². The highest BCUT2D eigenvalue weighted by Crippen LogP contribution is 2.17. The van der Waals surface area contributed by atoms with Gasteiger partial charge < -0.3 is 20.3 Å². The Labute approximate surface area is 417 Å². The Kier molecular flexibility index (Phi) is 55.0. The molecule has 3 N–H and O–H groups in total. The largest absolute Gasteiger partial charge is 0.466 e. The molecule has 394 valence electrons. The molecule has 0 radical (unpaired) electrons. The van der Waals surface area contributed by atoms with Crippen LogP contribution in [0.15, 0.2) is 36.5 Å². The molecule has 0 aliphatic carbocycles. The van der Waals surface area contributed by atoms with Crippen LogP contribution in [0.5, 0.6) is 0 Å². The second kappa shape index (κ2) is 56.7. The molecule has 0 aliphatic rings. The fourth-order valence-corrected chi connectivity index (χ4v) is 9.08. The van der Waals surface area contributed by atoms with Crippen molar-refractivity contribution < 1.29 is 24.5 Å². The summed E-state index contributed by atoms with van der Waals surface area (Å²) in [5.41, 5.74) is 0. The molecule has 6 nitrogen and oxygen atoms in total. The molecule has 0 aromatic carbocycles. The quantitative estimate of drug-likeness (QED) is 0.0321. The molecule has 0 heterocycles. The molecule has 67 heavy (non-hydrogen) atoms. The second-order valence-electron chi connectivity index (χ2n) is 20.3. The molecule has 2 atom stereocenters. The fraction of sp³-hybridized carbons (Fsp3) is 0.869. The van der Waals surface area contributed by atoms with Gasteiger partial charge in [0.15, 0.2) is 0 Å². The van der Waals surface area contributed by atoms with Crippen LogP contribution in [0.4, 0.5) is 0 Å². The Balaban J connectivity index is 3.49. The topological polar surface area (TPSA) is 95.9 Å². The first-order valence-corrected chi connectivity index (χ1v) is 29.7. The lowest BCUT2D eigenvalue weighted by molar-refractivity contribution is -0.143. The first kappa shape index (κ1) is 65.1. The number of amides is 1. The van der Waals surface area contributed by atoms with E-state index >= 15 is 0 Å². The zero-order valence-electron chi connectivity index (χ0n) is 44.9. The van der Waals surface area contributed by atoms with Crippen LogP contribution < -0.4 is 5.32 Å². The molecule has 0 aliphatic heterocycles. The number of unbranched alkanes of at least 4 members (excludes halogenated alkanes) is 38. The van der Waals surface area contributed by atoms with E-state index in [9.17, 15) is 19.8 Å². The summed E-state index contributed by atoms with van der Waals surface area (Å²) in [7, 11) is 0. The third kappa shape index (κ3) is 53.3. The van der Waals surface area contributed by atoms with Gasteiger partial charge in [0.2, 0.25) is 5.91 Å². The Hall–Kier alpha value is -1.92. The number of allylic oxidation sites excluding steroid dienone is 6. The highest BCUT2D eigenvalue weighted by molar-refractivity contribution is 5.76. The number of esters is 1. The lowest BCUT2D eigenvalue weighted by Crippen LogP contribution is -2.45. The van der Waals surface area contributed by atoms with Crippen LogP contribution in [0.25, 0.3) is 0 Å². The van der Waals surface area contributed by atoms with Crippen LogP contribution in [0, 0.1) is 0 Å². The van der Waals surface area contributed by atoms with Gasteiger partial charge in [0.1, 0.15) is 0 Å². The van der Waals surface area contributed by atoms with Gasteiger partial charge in [-0.05, 0) is 83.5 Å². The minimum atomic E-state index is -0.683. The van der Waals surface area contributed by atoms with E-state index in [1.165, 1.54) is 205 Å². The van der Waals surface area contributed by atoms with Crippen molar-refractivity contribution in [3.05, 3.63) is 36.5 Å². The molecular weight excluding hydrogens is 827 g/mol. The van der Waals surface area contributed by atoms with Crippen molar-refractivity contribution in [2.24, 2.45) is 0 Å². The third-order valence-electron chi connectivity index (χ3n) is 13.7. The average molecular weight is 943 g/mol. The Morgan fingerprint density at radius 1 is 0.418 bits per heavy atom. The minimum Gasteiger partial charge on any atom is -0.466 e. The lowest BCUT2D eigenvalue weighted by Gasteiger charge is -2.22. The number of rotatable bonds is 55. The fourth-order valence-electron chi connectivity index (χ4n) is 9.08. The van der Waals surface area contributed by atoms with E-state index in [0.29, 0.717) is 25.9 Å². The number of hydrogen-bond donors (Lipinski definition) is 3. The van der Waals surface area contributed by atoms with Gasteiger partial charge in [-0.15, -0.1) is 0 Å². The zero-order valence-corrected chi connectivity index (χ0v) is 44.9. The Bertz CT molecular complexity index is 1090. The summed E-state index contributed by atoms with van der Waals surface area (Å²) in [6.07, 6.45) is 69.9. The number of hydrogen-bond acceptors (Lipinski definition) is 5. The summed E-state index contributed by atoms with van der Waals surface area (Å²) in [6, 6.07) is -0.563. The maximum atomic E-state index is 12.5. The molecule has 0 aromatic heterocycles. The van der Waals surface area contributed by atoms with E-state index in [2.05, 4.69) is 55.6 Å². The number of ether oxygens (including phenoxy) is 1. The summed E-state index contributed by atoms with van der Waals surface area (Å²) in [5, 5.41) is 23.3. The van der Waals surface area contributed by atoms with Crippen LogP contribution in [0.2, 0.25) is 0 Å². The van der Waals surface area contributed by atoms with Crippen molar-refractivity contribution >= 4 is 11.9 Å². The predicted molar refractivity (Wildman–Crippen MR) is 292 cm³/mol. The van der Waals surface area contributed by atoms with Crippen molar-refractivity contribution in [3.8, 4) is 0 Å². The van der Waals surface area contributed by atoms with Gasteiger partial charge in [0.05, 0.1) is 25.4 Å². The summed E-state index contributed by atoms with van der Waals surface area (Å²) < 4.78 is 5.47. The minimum absolute atomic E-state index is 0.0196. The molecule has 0 aromatic rings. The van der Waals surface area contributed by atoms with Gasteiger partial charge in [0.25, 0.3) is 0 Å². The summed E-state index contributed by atoms with van der Waals surface area (Å²) in [5.74, 6) is -0.0830. The predicted octanol–water partition coefficient (Wildman–Crippen LogP) is 18.4. The summed E-state index contributed by atoms with van der Waals surface area (Å²) >= 11 is 0. The Morgan fingerprint density at radius 3 is 1.18 bits per heavy atom. The molecule has 0 saturated carbocycles. The molecule has 0 bridgehead atoms. The van der Waals surface area contributed by atoms with E-state index in [0.717, 1.165) is 77.0 Å². The van der Waals surface area contributed by atoms with Crippen LogP contribution >= 0.6 is 0 Å². The number of aliphatic hydroxyl groups is 2. The highest BCUT2D eigenvalue weighted by Gasteiger charge is 2.20. The van der Waals surface area contributed by atoms with Gasteiger partial charge in [0, 0.05) is 12.8 Å². The first-order chi connectivity index (χ1) is 33.0. The smallest absolute Gasteiger partial charge is 0.305 e. The standard InChI is InChI=1S/C61H115NO5/c1-3-5-7-9-11-13-15-17-19-21-23-24-26-29-33-37-41-45-49-53-59(64)58(57-63)62-60(65)54-50-46-42-38-34-30-28-32-36-40-44-48-52-56-67-61(66)55-51-47-43-39-35-31-27-25-22-20-18-16-14-12-10-8-6-4-2/h14,16,20,22,30,34,58-59,63-64H,3-13,15,17-19,21,23-29,31-33,35-57H2,1-2H3,(H,62,65)/b16-14-,22-20-,34-30-. The third-order valence-corrected chi connectivity index (χ3v) is 13.7. The van der Waals surface area contributed by atoms with Crippen molar-refractivity contribution in [1.82, 2.24) is 5.32 Å². The number of carbonyl (C=O) groups excluding carboxylic acids is 2. The van der Waals surface area contributed by atoms with Crippen LogP contribution in [-0.2, 0) is 14.3 Å². The zero-order chi connectivity index (χ0) is 48.6. The van der Waals surface area contributed by atoms with Crippen molar-refractivity contribution in [3.63, 3.8) is 0 Å². The van der Waals surface area contributed by atoms with E-state index < -0.39 is 12.1 Å². The maximum Gasteiger partial charge on any atom is 0.305 e. The van der Waals surface area contributed by atoms with E-state index in [4.69, 9.17) is 4.74 Å². The van der Waals surface area contributed by atoms with Gasteiger partial charge in [-0.25, -0.2) is 0 Å². The van der Waals surface area contributed by atoms with E-state index in [1.54, 1.807) is 0 Å². The maximum absolute atomic E-state index is 12.5. The van der Waals surface area contributed by atoms with E-state index in [1.807, 2.05) is 0 Å². The second-order valence-corrected chi connectivity index (χ2v) is 20.3. The molecule has 6 heteroatoms. The molecule has 1 amide bonds. The first-order valence-electron chi connectivity index (χ1n) is 29.7. The van der Waals surface area contributed by atoms with Gasteiger partial charge >= 0.3 is 5.97 Å². The molecule has 0 fully saturated rings. The van der Waals surface area contributed by atoms with Gasteiger partial charge in [-0.2, -0.15) is 0 Å². The van der Waals surface area contributed by atoms with Crippen LogP contribution in [0.3, 0.4) is 0 Å². The molecule has 2 unspecified atom stereocenters. The molecule has 0 rings (SSSR count). The average Bonchev–Trinajstić information content (AvgIpc) is 3.33. The summed E-state index contributed by atoms with van der Waals surface area (Å²) in [6.45, 7) is 4.91.